The van der Waals surface area contributed by atoms with Crippen LogP contribution < -0.4 is 10.3 Å². The van der Waals surface area contributed by atoms with Crippen LogP contribution in [0.25, 0.3) is 0 Å². The molecule has 5 heteroatoms. The zero-order chi connectivity index (χ0) is 14.0. The van der Waals surface area contributed by atoms with Crippen molar-refractivity contribution in [1.29, 1.82) is 0 Å². The van der Waals surface area contributed by atoms with E-state index in [4.69, 9.17) is 4.74 Å². The Bertz CT molecular complexity index is 665. The molecule has 0 unspecified atom stereocenters. The second-order valence-corrected chi connectivity index (χ2v) is 6.01. The summed E-state index contributed by atoms with van der Waals surface area (Å²) < 4.78 is 8.66. The third-order valence-corrected chi connectivity index (χ3v) is 3.85. The van der Waals surface area contributed by atoms with E-state index in [0.717, 1.165) is 25.8 Å². The van der Waals surface area contributed by atoms with Crippen LogP contribution in [0.4, 0.5) is 0 Å². The van der Waals surface area contributed by atoms with E-state index in [1.807, 2.05) is 31.2 Å². The Morgan fingerprint density at radius 2 is 2.00 bits per heavy atom. The summed E-state index contributed by atoms with van der Waals surface area (Å²) >= 11 is 6.86. The minimum atomic E-state index is 0.0233. The molecule has 0 N–H and O–H groups in total. The van der Waals surface area contributed by atoms with Gasteiger partial charge in [-0.3, -0.25) is 4.79 Å². The molecule has 100 valence electrons. The van der Waals surface area contributed by atoms with Crippen molar-refractivity contribution < 1.29 is 4.74 Å². The van der Waals surface area contributed by atoms with Gasteiger partial charge < -0.3 is 9.30 Å². The molecule has 0 atom stereocenters. The molecular weight excluding hydrogens is 374 g/mol. The molecule has 0 saturated carbocycles. The lowest BCUT2D eigenvalue weighted by Gasteiger charge is -2.10. The van der Waals surface area contributed by atoms with Gasteiger partial charge in [-0.25, -0.2) is 0 Å². The standard InChI is InChI=1S/C14H13Br2NO2/c1-9-5-11(15)8-17(14(9)18)7-10-3-4-13(19-2)12(16)6-10/h3-6,8H,7H2,1-2H3. The minimum absolute atomic E-state index is 0.0233. The average Bonchev–Trinajstić information content (AvgIpc) is 2.35. The largest absolute Gasteiger partial charge is 0.496 e. The molecule has 1 aromatic heterocycles. The second kappa shape index (κ2) is 5.92. The van der Waals surface area contributed by atoms with E-state index < -0.39 is 0 Å². The normalized spacial score (nSPS) is 10.5. The molecule has 0 radical (unpaired) electrons. The predicted molar refractivity (Wildman–Crippen MR) is 82.9 cm³/mol. The van der Waals surface area contributed by atoms with Crippen LogP contribution in [0.2, 0.25) is 0 Å². The van der Waals surface area contributed by atoms with Gasteiger partial charge in [-0.1, -0.05) is 6.07 Å². The van der Waals surface area contributed by atoms with Crippen LogP contribution in [-0.4, -0.2) is 11.7 Å². The fourth-order valence-corrected chi connectivity index (χ4v) is 3.04. The van der Waals surface area contributed by atoms with Crippen LogP contribution in [0.1, 0.15) is 11.1 Å². The quantitative estimate of drug-likeness (QED) is 0.804. The number of nitrogens with zero attached hydrogens (tertiary/aromatic N) is 1. The Labute approximate surface area is 128 Å². The fourth-order valence-electron chi connectivity index (χ4n) is 1.86. The van der Waals surface area contributed by atoms with E-state index in [-0.39, 0.29) is 5.56 Å². The molecule has 1 aromatic carbocycles. The van der Waals surface area contributed by atoms with Crippen LogP contribution in [0.5, 0.6) is 5.75 Å². The lowest BCUT2D eigenvalue weighted by atomic mass is 10.2. The first-order valence-corrected chi connectivity index (χ1v) is 7.29. The predicted octanol–water partition coefficient (Wildman–Crippen LogP) is 3.74. The van der Waals surface area contributed by atoms with Crippen molar-refractivity contribution in [2.75, 3.05) is 7.11 Å². The summed E-state index contributed by atoms with van der Waals surface area (Å²) in [7, 11) is 1.63. The molecule has 19 heavy (non-hydrogen) atoms. The van der Waals surface area contributed by atoms with Crippen LogP contribution in [0, 0.1) is 6.92 Å². The first-order chi connectivity index (χ1) is 9.01. The van der Waals surface area contributed by atoms with Crippen molar-refractivity contribution in [1.82, 2.24) is 4.57 Å². The molecule has 0 amide bonds. The van der Waals surface area contributed by atoms with E-state index in [1.54, 1.807) is 17.9 Å². The zero-order valence-electron chi connectivity index (χ0n) is 10.6. The van der Waals surface area contributed by atoms with Crippen molar-refractivity contribution in [3.63, 3.8) is 0 Å². The van der Waals surface area contributed by atoms with Crippen LogP contribution in [0.15, 0.2) is 44.2 Å². The molecule has 0 bridgehead atoms. The first kappa shape index (κ1) is 14.3. The lowest BCUT2D eigenvalue weighted by Crippen LogP contribution is -2.22. The molecule has 3 nitrogen and oxygen atoms in total. The van der Waals surface area contributed by atoms with Crippen LogP contribution in [-0.2, 0) is 6.54 Å². The van der Waals surface area contributed by atoms with Gasteiger partial charge >= 0.3 is 0 Å². The van der Waals surface area contributed by atoms with Crippen molar-refractivity contribution in [2.45, 2.75) is 13.5 Å². The smallest absolute Gasteiger partial charge is 0.253 e. The molecule has 0 aliphatic rings. The molecule has 0 saturated heterocycles. The van der Waals surface area contributed by atoms with Gasteiger partial charge in [0.1, 0.15) is 5.75 Å². The van der Waals surface area contributed by atoms with E-state index in [1.165, 1.54) is 0 Å². The topological polar surface area (TPSA) is 31.2 Å². The summed E-state index contributed by atoms with van der Waals surface area (Å²) in [6.45, 7) is 2.34. The average molecular weight is 387 g/mol. The van der Waals surface area contributed by atoms with Crippen LogP contribution >= 0.6 is 31.9 Å². The number of aryl methyl sites for hydroxylation is 1. The highest BCUT2D eigenvalue weighted by atomic mass is 79.9. The highest BCUT2D eigenvalue weighted by Crippen LogP contribution is 2.25. The second-order valence-electron chi connectivity index (χ2n) is 4.24. The Morgan fingerprint density at radius 1 is 1.26 bits per heavy atom. The summed E-state index contributed by atoms with van der Waals surface area (Å²) in [4.78, 5) is 12.0. The molecular formula is C14H13Br2NO2. The molecule has 1 heterocycles. The van der Waals surface area contributed by atoms with Crippen LogP contribution in [0.3, 0.4) is 0 Å². The number of benzene rings is 1. The fraction of sp³-hybridized carbons (Fsp3) is 0.214. The number of ether oxygens (including phenoxy) is 1. The molecule has 2 aromatic rings. The van der Waals surface area contributed by atoms with Crippen molar-refractivity contribution in [3.05, 3.63) is 60.9 Å². The maximum Gasteiger partial charge on any atom is 0.253 e. The highest BCUT2D eigenvalue weighted by Gasteiger charge is 2.05. The maximum atomic E-state index is 12.0. The number of pyridine rings is 1. The Balaban J connectivity index is 2.36. The van der Waals surface area contributed by atoms with Gasteiger partial charge in [0, 0.05) is 16.2 Å². The van der Waals surface area contributed by atoms with E-state index in [9.17, 15) is 4.79 Å². The van der Waals surface area contributed by atoms with Crippen molar-refractivity contribution in [3.8, 4) is 5.75 Å². The number of rotatable bonds is 3. The Hall–Kier alpha value is -1.07. The van der Waals surface area contributed by atoms with Crippen molar-refractivity contribution in [2.24, 2.45) is 0 Å². The van der Waals surface area contributed by atoms with Crippen molar-refractivity contribution >= 4 is 31.9 Å². The zero-order valence-corrected chi connectivity index (χ0v) is 13.8. The molecule has 0 fully saturated rings. The molecule has 0 aliphatic carbocycles. The van der Waals surface area contributed by atoms with E-state index in [0.29, 0.717) is 6.54 Å². The van der Waals surface area contributed by atoms with Gasteiger partial charge in [0.25, 0.3) is 5.56 Å². The maximum absolute atomic E-state index is 12.0. The van der Waals surface area contributed by atoms with Gasteiger partial charge in [-0.05, 0) is 62.5 Å². The SMILES string of the molecule is COc1ccc(Cn2cc(Br)cc(C)c2=O)cc1Br. The lowest BCUT2D eigenvalue weighted by molar-refractivity contribution is 0.412. The summed E-state index contributed by atoms with van der Waals surface area (Å²) in [5.74, 6) is 0.779. The monoisotopic (exact) mass is 385 g/mol. The molecule has 0 aliphatic heterocycles. The number of methoxy groups -OCH3 is 1. The summed E-state index contributed by atoms with van der Waals surface area (Å²) in [6, 6.07) is 7.62. The summed E-state index contributed by atoms with van der Waals surface area (Å²) in [6.07, 6.45) is 1.80. The van der Waals surface area contributed by atoms with Gasteiger partial charge in [0.15, 0.2) is 0 Å². The number of hydrogen-bond donors (Lipinski definition) is 0. The molecule has 0 spiro atoms. The minimum Gasteiger partial charge on any atom is -0.496 e. The van der Waals surface area contributed by atoms with Gasteiger partial charge in [0.05, 0.1) is 18.1 Å². The number of halogens is 2. The van der Waals surface area contributed by atoms with E-state index in [2.05, 4.69) is 31.9 Å². The Kier molecular flexibility index (Phi) is 4.47. The summed E-state index contributed by atoms with van der Waals surface area (Å²) in [5.41, 5.74) is 1.78. The summed E-state index contributed by atoms with van der Waals surface area (Å²) in [5, 5.41) is 0. The Morgan fingerprint density at radius 3 is 2.63 bits per heavy atom. The first-order valence-electron chi connectivity index (χ1n) is 5.70. The highest BCUT2D eigenvalue weighted by molar-refractivity contribution is 9.10. The van der Waals surface area contributed by atoms with Gasteiger partial charge in [-0.2, -0.15) is 0 Å². The third-order valence-electron chi connectivity index (χ3n) is 2.80. The van der Waals surface area contributed by atoms with E-state index >= 15 is 0 Å². The third kappa shape index (κ3) is 3.28. The van der Waals surface area contributed by atoms with Gasteiger partial charge in [0.2, 0.25) is 0 Å². The number of aromatic nitrogens is 1. The molecule has 2 rings (SSSR count). The number of hydrogen-bond acceptors (Lipinski definition) is 2. The van der Waals surface area contributed by atoms with Gasteiger partial charge in [-0.15, -0.1) is 0 Å².